The predicted molar refractivity (Wildman–Crippen MR) is 88.5 cm³/mol. The van der Waals surface area contributed by atoms with E-state index in [9.17, 15) is 14.0 Å². The van der Waals surface area contributed by atoms with Crippen LogP contribution in [-0.2, 0) is 9.59 Å². The number of carbonyl (C=O) groups is 2. The normalized spacial score (nSPS) is 16.3. The first kappa shape index (κ1) is 16.0. The summed E-state index contributed by atoms with van der Waals surface area (Å²) in [4.78, 5) is 25.9. The van der Waals surface area contributed by atoms with Crippen LogP contribution in [0.4, 0.5) is 15.8 Å². The van der Waals surface area contributed by atoms with Crippen molar-refractivity contribution in [2.24, 2.45) is 0 Å². The van der Waals surface area contributed by atoms with Crippen molar-refractivity contribution in [1.82, 2.24) is 0 Å². The molecule has 124 valence electrons. The number of amides is 2. The number of halogens is 1. The van der Waals surface area contributed by atoms with Gasteiger partial charge in [0.1, 0.15) is 11.6 Å². The van der Waals surface area contributed by atoms with Crippen molar-refractivity contribution in [1.29, 1.82) is 0 Å². The second kappa shape index (κ2) is 6.70. The third kappa shape index (κ3) is 3.22. The van der Waals surface area contributed by atoms with Gasteiger partial charge in [0, 0.05) is 13.0 Å². The molecule has 1 aliphatic heterocycles. The van der Waals surface area contributed by atoms with Crippen molar-refractivity contribution < 1.29 is 18.7 Å². The average molecular weight is 328 g/mol. The topological polar surface area (TPSA) is 58.6 Å². The van der Waals surface area contributed by atoms with Gasteiger partial charge in [-0.05, 0) is 31.2 Å². The van der Waals surface area contributed by atoms with Gasteiger partial charge in [0.25, 0.3) is 5.91 Å². The van der Waals surface area contributed by atoms with Crippen molar-refractivity contribution in [3.05, 3.63) is 54.3 Å². The minimum atomic E-state index is -0.602. The summed E-state index contributed by atoms with van der Waals surface area (Å²) in [5, 5.41) is 2.52. The Labute approximate surface area is 139 Å². The average Bonchev–Trinajstić information content (AvgIpc) is 2.57. The second-order valence-electron chi connectivity index (χ2n) is 5.50. The van der Waals surface area contributed by atoms with Crippen molar-refractivity contribution in [3.8, 4) is 5.75 Å². The maximum atomic E-state index is 13.6. The zero-order chi connectivity index (χ0) is 17.1. The van der Waals surface area contributed by atoms with E-state index in [1.165, 1.54) is 17.0 Å². The Bertz CT molecular complexity index is 778. The SMILES string of the molecule is CC1Oc2ccccc2N(CCC(=O)Nc2ccccc2F)C1=O. The Kier molecular flexibility index (Phi) is 4.46. The molecule has 2 amide bonds. The zero-order valence-electron chi connectivity index (χ0n) is 13.2. The van der Waals surface area contributed by atoms with Crippen LogP contribution >= 0.6 is 0 Å². The minimum Gasteiger partial charge on any atom is -0.479 e. The highest BCUT2D eigenvalue weighted by atomic mass is 19.1. The van der Waals surface area contributed by atoms with Gasteiger partial charge < -0.3 is 15.0 Å². The Morgan fingerprint density at radius 2 is 1.92 bits per heavy atom. The molecule has 0 spiro atoms. The molecule has 2 aromatic carbocycles. The van der Waals surface area contributed by atoms with Crippen LogP contribution in [0.15, 0.2) is 48.5 Å². The van der Waals surface area contributed by atoms with Crippen LogP contribution < -0.4 is 15.0 Å². The van der Waals surface area contributed by atoms with Gasteiger partial charge >= 0.3 is 0 Å². The number of ether oxygens (including phenoxy) is 1. The van der Waals surface area contributed by atoms with Crippen LogP contribution in [0.25, 0.3) is 0 Å². The van der Waals surface area contributed by atoms with Gasteiger partial charge in [-0.2, -0.15) is 0 Å². The van der Waals surface area contributed by atoms with Crippen LogP contribution in [0.2, 0.25) is 0 Å². The molecule has 0 aliphatic carbocycles. The number of carbonyl (C=O) groups excluding carboxylic acids is 2. The van der Waals surface area contributed by atoms with Gasteiger partial charge in [0.15, 0.2) is 6.10 Å². The Hall–Kier alpha value is -2.89. The standard InChI is InChI=1S/C18H17FN2O3/c1-12-18(23)21(15-8-4-5-9-16(15)24-12)11-10-17(22)20-14-7-3-2-6-13(14)19/h2-9,12H,10-11H2,1H3,(H,20,22). The minimum absolute atomic E-state index is 0.0567. The van der Waals surface area contributed by atoms with Crippen molar-refractivity contribution in [2.75, 3.05) is 16.8 Å². The molecule has 0 fully saturated rings. The number of anilines is 2. The number of nitrogens with zero attached hydrogens (tertiary/aromatic N) is 1. The first-order chi connectivity index (χ1) is 11.6. The smallest absolute Gasteiger partial charge is 0.267 e. The van der Waals surface area contributed by atoms with E-state index in [0.29, 0.717) is 11.4 Å². The lowest BCUT2D eigenvalue weighted by molar-refractivity contribution is -0.125. The molecule has 1 aliphatic rings. The number of hydrogen-bond acceptors (Lipinski definition) is 3. The molecule has 0 bridgehead atoms. The fourth-order valence-corrected chi connectivity index (χ4v) is 2.58. The maximum absolute atomic E-state index is 13.6. The summed E-state index contributed by atoms with van der Waals surface area (Å²) in [7, 11) is 0. The van der Waals surface area contributed by atoms with Crippen LogP contribution in [0.5, 0.6) is 5.75 Å². The molecule has 0 saturated heterocycles. The highest BCUT2D eigenvalue weighted by Crippen LogP contribution is 2.33. The zero-order valence-corrected chi connectivity index (χ0v) is 13.2. The van der Waals surface area contributed by atoms with Crippen molar-refractivity contribution in [2.45, 2.75) is 19.4 Å². The van der Waals surface area contributed by atoms with Gasteiger partial charge in [0.2, 0.25) is 5.91 Å². The third-order valence-electron chi connectivity index (χ3n) is 3.78. The largest absolute Gasteiger partial charge is 0.479 e. The Balaban J connectivity index is 1.68. The summed E-state index contributed by atoms with van der Waals surface area (Å²) < 4.78 is 19.1. The Morgan fingerprint density at radius 3 is 2.71 bits per heavy atom. The summed E-state index contributed by atoms with van der Waals surface area (Å²) in [6, 6.07) is 13.1. The number of rotatable bonds is 4. The molecule has 24 heavy (non-hydrogen) atoms. The van der Waals surface area contributed by atoms with E-state index in [4.69, 9.17) is 4.74 Å². The number of fused-ring (bicyclic) bond motifs is 1. The Morgan fingerprint density at radius 1 is 1.21 bits per heavy atom. The molecule has 1 unspecified atom stereocenters. The van der Waals surface area contributed by atoms with Crippen molar-refractivity contribution >= 4 is 23.2 Å². The molecule has 1 heterocycles. The number of nitrogens with one attached hydrogen (secondary N) is 1. The van der Waals surface area contributed by atoms with E-state index < -0.39 is 11.9 Å². The van der Waals surface area contributed by atoms with Crippen LogP contribution in [0.1, 0.15) is 13.3 Å². The van der Waals surface area contributed by atoms with Crippen LogP contribution in [-0.4, -0.2) is 24.5 Å². The molecule has 1 atom stereocenters. The van der Waals surface area contributed by atoms with E-state index in [1.54, 1.807) is 37.3 Å². The molecule has 6 heteroatoms. The molecular formula is C18H17FN2O3. The summed E-state index contributed by atoms with van der Waals surface area (Å²) in [5.41, 5.74) is 0.767. The lowest BCUT2D eigenvalue weighted by Gasteiger charge is -2.32. The molecule has 2 aromatic rings. The summed E-state index contributed by atoms with van der Waals surface area (Å²) in [5.74, 6) is -0.441. The first-order valence-electron chi connectivity index (χ1n) is 7.67. The van der Waals surface area contributed by atoms with E-state index in [2.05, 4.69) is 5.32 Å². The first-order valence-corrected chi connectivity index (χ1v) is 7.67. The summed E-state index contributed by atoms with van der Waals surface area (Å²) >= 11 is 0. The van der Waals surface area contributed by atoms with Gasteiger partial charge in [0.05, 0.1) is 11.4 Å². The molecule has 0 radical (unpaired) electrons. The lowest BCUT2D eigenvalue weighted by atomic mass is 10.1. The fraction of sp³-hybridized carbons (Fsp3) is 0.222. The second-order valence-corrected chi connectivity index (χ2v) is 5.50. The number of para-hydroxylation sites is 3. The summed E-state index contributed by atoms with van der Waals surface area (Å²) in [6.45, 7) is 1.87. The van der Waals surface area contributed by atoms with Gasteiger partial charge in [-0.25, -0.2) is 4.39 Å². The molecule has 3 rings (SSSR count). The lowest BCUT2D eigenvalue weighted by Crippen LogP contribution is -2.45. The highest BCUT2D eigenvalue weighted by molar-refractivity contribution is 6.00. The maximum Gasteiger partial charge on any atom is 0.267 e. The quantitative estimate of drug-likeness (QED) is 0.939. The van der Waals surface area contributed by atoms with E-state index in [-0.39, 0.29) is 30.5 Å². The summed E-state index contributed by atoms with van der Waals surface area (Å²) in [6.07, 6.45) is -0.546. The van der Waals surface area contributed by atoms with Gasteiger partial charge in [-0.15, -0.1) is 0 Å². The van der Waals surface area contributed by atoms with Crippen LogP contribution in [0.3, 0.4) is 0 Å². The number of benzene rings is 2. The van der Waals surface area contributed by atoms with Gasteiger partial charge in [-0.3, -0.25) is 9.59 Å². The molecular weight excluding hydrogens is 311 g/mol. The van der Waals surface area contributed by atoms with E-state index in [0.717, 1.165) is 0 Å². The highest BCUT2D eigenvalue weighted by Gasteiger charge is 2.31. The third-order valence-corrected chi connectivity index (χ3v) is 3.78. The molecule has 0 aromatic heterocycles. The monoisotopic (exact) mass is 328 g/mol. The van der Waals surface area contributed by atoms with E-state index >= 15 is 0 Å². The number of hydrogen-bond donors (Lipinski definition) is 1. The molecule has 0 saturated carbocycles. The van der Waals surface area contributed by atoms with Crippen molar-refractivity contribution in [3.63, 3.8) is 0 Å². The molecule has 1 N–H and O–H groups in total. The fourth-order valence-electron chi connectivity index (χ4n) is 2.58. The predicted octanol–water partition coefficient (Wildman–Crippen LogP) is 2.97. The van der Waals surface area contributed by atoms with E-state index in [1.807, 2.05) is 6.07 Å². The van der Waals surface area contributed by atoms with Gasteiger partial charge in [-0.1, -0.05) is 24.3 Å². The van der Waals surface area contributed by atoms with Crippen LogP contribution in [0, 0.1) is 5.82 Å². The molecule has 5 nitrogen and oxygen atoms in total.